The predicted molar refractivity (Wildman–Crippen MR) is 79.4 cm³/mol. The zero-order valence-electron chi connectivity index (χ0n) is 11.8. The molecule has 1 aromatic carbocycles. The van der Waals surface area contributed by atoms with Crippen molar-refractivity contribution in [3.63, 3.8) is 0 Å². The maximum atomic E-state index is 11.9. The van der Waals surface area contributed by atoms with E-state index in [1.54, 1.807) is 0 Å². The van der Waals surface area contributed by atoms with Crippen molar-refractivity contribution >= 4 is 17.6 Å². The molecule has 20 heavy (non-hydrogen) atoms. The SMILES string of the molecule is CCOC(=O)C1CCCN1Cc1ccc(CN)cc1Cl. The molecule has 110 valence electrons. The smallest absolute Gasteiger partial charge is 0.323 e. The Morgan fingerprint density at radius 3 is 3.00 bits per heavy atom. The highest BCUT2D eigenvalue weighted by atomic mass is 35.5. The van der Waals surface area contributed by atoms with E-state index in [-0.39, 0.29) is 12.0 Å². The largest absolute Gasteiger partial charge is 0.465 e. The van der Waals surface area contributed by atoms with Crippen molar-refractivity contribution in [3.05, 3.63) is 34.3 Å². The fourth-order valence-corrected chi connectivity index (χ4v) is 2.85. The number of rotatable bonds is 5. The number of nitrogens with two attached hydrogens (primary N) is 1. The van der Waals surface area contributed by atoms with Gasteiger partial charge in [-0.2, -0.15) is 0 Å². The minimum atomic E-state index is -0.139. The van der Waals surface area contributed by atoms with Gasteiger partial charge in [-0.15, -0.1) is 0 Å². The number of nitrogens with zero attached hydrogens (tertiary/aromatic N) is 1. The quantitative estimate of drug-likeness (QED) is 0.847. The van der Waals surface area contributed by atoms with Crippen molar-refractivity contribution in [1.29, 1.82) is 0 Å². The van der Waals surface area contributed by atoms with Gasteiger partial charge in [-0.3, -0.25) is 9.69 Å². The van der Waals surface area contributed by atoms with E-state index in [0.29, 0.717) is 24.7 Å². The topological polar surface area (TPSA) is 55.6 Å². The number of ether oxygens (including phenoxy) is 1. The Kier molecular flexibility index (Phi) is 5.40. The molecule has 0 amide bonds. The van der Waals surface area contributed by atoms with Crippen LogP contribution in [-0.4, -0.2) is 30.1 Å². The molecule has 4 nitrogen and oxygen atoms in total. The van der Waals surface area contributed by atoms with Gasteiger partial charge >= 0.3 is 5.97 Å². The maximum Gasteiger partial charge on any atom is 0.323 e. The van der Waals surface area contributed by atoms with Crippen LogP contribution in [0.2, 0.25) is 5.02 Å². The molecule has 0 spiro atoms. The second-order valence-corrected chi connectivity index (χ2v) is 5.42. The third-order valence-corrected chi connectivity index (χ3v) is 4.00. The Labute approximate surface area is 124 Å². The molecule has 0 aromatic heterocycles. The van der Waals surface area contributed by atoms with Gasteiger partial charge in [0.1, 0.15) is 6.04 Å². The van der Waals surface area contributed by atoms with Crippen molar-refractivity contribution in [1.82, 2.24) is 4.90 Å². The summed E-state index contributed by atoms with van der Waals surface area (Å²) in [6.45, 7) is 4.31. The van der Waals surface area contributed by atoms with Gasteiger partial charge in [0.05, 0.1) is 6.61 Å². The number of carbonyl (C=O) groups excluding carboxylic acids is 1. The normalized spacial score (nSPS) is 19.2. The van der Waals surface area contributed by atoms with Crippen molar-refractivity contribution in [2.24, 2.45) is 5.73 Å². The van der Waals surface area contributed by atoms with Crippen LogP contribution in [0.3, 0.4) is 0 Å². The first-order valence-electron chi connectivity index (χ1n) is 7.03. The summed E-state index contributed by atoms with van der Waals surface area (Å²) in [6, 6.07) is 5.73. The predicted octanol–water partition coefficient (Wildman–Crippen LogP) is 2.33. The fraction of sp³-hybridized carbons (Fsp3) is 0.533. The standard InChI is InChI=1S/C15H21ClN2O2/c1-2-20-15(19)14-4-3-7-18(14)10-12-6-5-11(9-17)8-13(12)16/h5-6,8,14H,2-4,7,9-10,17H2,1H3. The Morgan fingerprint density at radius 1 is 1.55 bits per heavy atom. The van der Waals surface area contributed by atoms with Crippen LogP contribution in [0, 0.1) is 0 Å². The third-order valence-electron chi connectivity index (χ3n) is 3.65. The zero-order chi connectivity index (χ0) is 14.5. The van der Waals surface area contributed by atoms with Crippen LogP contribution in [0.15, 0.2) is 18.2 Å². The number of hydrogen-bond acceptors (Lipinski definition) is 4. The molecular weight excluding hydrogens is 276 g/mol. The molecule has 1 heterocycles. The lowest BCUT2D eigenvalue weighted by Crippen LogP contribution is -2.36. The second kappa shape index (κ2) is 7.07. The lowest BCUT2D eigenvalue weighted by Gasteiger charge is -2.23. The number of esters is 1. The van der Waals surface area contributed by atoms with E-state index in [1.165, 1.54) is 0 Å². The van der Waals surface area contributed by atoms with Crippen LogP contribution in [0.4, 0.5) is 0 Å². The van der Waals surface area contributed by atoms with Crippen molar-refractivity contribution in [2.75, 3.05) is 13.2 Å². The molecule has 1 saturated heterocycles. The first-order chi connectivity index (χ1) is 9.65. The van der Waals surface area contributed by atoms with Gasteiger partial charge in [-0.25, -0.2) is 0 Å². The molecule has 5 heteroatoms. The highest BCUT2D eigenvalue weighted by Crippen LogP contribution is 2.25. The van der Waals surface area contributed by atoms with E-state index in [9.17, 15) is 4.79 Å². The van der Waals surface area contributed by atoms with Crippen LogP contribution in [0.5, 0.6) is 0 Å². The van der Waals surface area contributed by atoms with E-state index in [0.717, 1.165) is 30.5 Å². The molecule has 0 radical (unpaired) electrons. The van der Waals surface area contributed by atoms with Gasteiger partial charge in [0, 0.05) is 18.1 Å². The van der Waals surface area contributed by atoms with E-state index >= 15 is 0 Å². The summed E-state index contributed by atoms with van der Waals surface area (Å²) in [7, 11) is 0. The zero-order valence-corrected chi connectivity index (χ0v) is 12.5. The summed E-state index contributed by atoms with van der Waals surface area (Å²) in [5.41, 5.74) is 7.64. The van der Waals surface area contributed by atoms with Crippen LogP contribution < -0.4 is 5.73 Å². The molecule has 0 bridgehead atoms. The monoisotopic (exact) mass is 296 g/mol. The summed E-state index contributed by atoms with van der Waals surface area (Å²) in [5.74, 6) is -0.125. The minimum Gasteiger partial charge on any atom is -0.465 e. The summed E-state index contributed by atoms with van der Waals surface area (Å²) >= 11 is 6.28. The maximum absolute atomic E-state index is 11.9. The molecule has 1 unspecified atom stereocenters. The van der Waals surface area contributed by atoms with Crippen LogP contribution in [0.1, 0.15) is 30.9 Å². The van der Waals surface area contributed by atoms with Crippen molar-refractivity contribution in [3.8, 4) is 0 Å². The lowest BCUT2D eigenvalue weighted by molar-refractivity contribution is -0.148. The number of likely N-dealkylation sites (tertiary alicyclic amines) is 1. The van der Waals surface area contributed by atoms with Gasteiger partial charge in [-0.1, -0.05) is 23.7 Å². The average Bonchev–Trinajstić information content (AvgIpc) is 2.89. The highest BCUT2D eigenvalue weighted by Gasteiger charge is 2.31. The number of halogens is 1. The molecule has 2 N–H and O–H groups in total. The third kappa shape index (κ3) is 3.51. The Bertz CT molecular complexity index is 479. The van der Waals surface area contributed by atoms with Gasteiger partial charge in [0.2, 0.25) is 0 Å². The molecule has 1 aliphatic heterocycles. The fourth-order valence-electron chi connectivity index (χ4n) is 2.59. The molecule has 0 aliphatic carbocycles. The second-order valence-electron chi connectivity index (χ2n) is 5.01. The van der Waals surface area contributed by atoms with Crippen molar-refractivity contribution in [2.45, 2.75) is 38.9 Å². The van der Waals surface area contributed by atoms with Gasteiger partial charge < -0.3 is 10.5 Å². The lowest BCUT2D eigenvalue weighted by atomic mass is 10.1. The summed E-state index contributed by atoms with van der Waals surface area (Å²) in [4.78, 5) is 14.1. The molecule has 0 saturated carbocycles. The minimum absolute atomic E-state index is 0.125. The van der Waals surface area contributed by atoms with Gasteiger partial charge in [0.25, 0.3) is 0 Å². The van der Waals surface area contributed by atoms with E-state index < -0.39 is 0 Å². The summed E-state index contributed by atoms with van der Waals surface area (Å²) in [6.07, 6.45) is 1.87. The molecular formula is C15H21ClN2O2. The average molecular weight is 297 g/mol. The molecule has 1 aliphatic rings. The van der Waals surface area contributed by atoms with E-state index in [4.69, 9.17) is 22.1 Å². The summed E-state index contributed by atoms with van der Waals surface area (Å²) < 4.78 is 5.13. The number of carbonyl (C=O) groups is 1. The Balaban J connectivity index is 2.06. The summed E-state index contributed by atoms with van der Waals surface area (Å²) in [5, 5.41) is 0.711. The van der Waals surface area contributed by atoms with Gasteiger partial charge in [0.15, 0.2) is 0 Å². The first-order valence-corrected chi connectivity index (χ1v) is 7.41. The Morgan fingerprint density at radius 2 is 2.35 bits per heavy atom. The number of hydrogen-bond donors (Lipinski definition) is 1. The number of benzene rings is 1. The van der Waals surface area contributed by atoms with Crippen LogP contribution >= 0.6 is 11.6 Å². The van der Waals surface area contributed by atoms with Crippen LogP contribution in [0.25, 0.3) is 0 Å². The van der Waals surface area contributed by atoms with E-state index in [1.807, 2.05) is 25.1 Å². The van der Waals surface area contributed by atoms with Crippen molar-refractivity contribution < 1.29 is 9.53 Å². The van der Waals surface area contributed by atoms with Crippen LogP contribution in [-0.2, 0) is 22.6 Å². The highest BCUT2D eigenvalue weighted by molar-refractivity contribution is 6.31. The van der Waals surface area contributed by atoms with Gasteiger partial charge in [-0.05, 0) is 43.5 Å². The molecule has 1 atom stereocenters. The molecule has 1 aromatic rings. The first kappa shape index (κ1) is 15.3. The Hall–Kier alpha value is -1.10. The molecule has 2 rings (SSSR count). The molecule has 1 fully saturated rings. The van der Waals surface area contributed by atoms with E-state index in [2.05, 4.69) is 4.90 Å².